The fourth-order valence-corrected chi connectivity index (χ4v) is 4.62. The lowest BCUT2D eigenvalue weighted by Crippen LogP contribution is -2.18. The summed E-state index contributed by atoms with van der Waals surface area (Å²) in [7, 11) is 0. The topological polar surface area (TPSA) is 71.8 Å². The summed E-state index contributed by atoms with van der Waals surface area (Å²) in [5.41, 5.74) is 2.60. The van der Waals surface area contributed by atoms with Crippen molar-refractivity contribution in [2.45, 2.75) is 46.2 Å². The van der Waals surface area contributed by atoms with E-state index in [1.54, 1.807) is 24.5 Å². The van der Waals surface area contributed by atoms with Gasteiger partial charge in [-0.3, -0.25) is 4.90 Å². The number of likely N-dealkylation sites (tertiary alicyclic amines) is 1. The number of aryl methyl sites for hydroxylation is 1. The van der Waals surface area contributed by atoms with Crippen LogP contribution in [-0.2, 0) is 6.54 Å². The van der Waals surface area contributed by atoms with Gasteiger partial charge in [0.15, 0.2) is 5.82 Å². The first kappa shape index (κ1) is 22.3. The van der Waals surface area contributed by atoms with Crippen LogP contribution < -0.4 is 5.32 Å². The fourth-order valence-electron chi connectivity index (χ4n) is 4.62. The zero-order valence-corrected chi connectivity index (χ0v) is 19.5. The SMILES string of the molecule is Cc1nc2c(F)cc(-c3cc(Nc4ncc(CN5CCCC5)cn4)ncc3F)cc2n1C(C)C. The van der Waals surface area contributed by atoms with Crippen molar-refractivity contribution >= 4 is 22.8 Å². The Balaban J connectivity index is 1.43. The number of rotatable bonds is 6. The quantitative estimate of drug-likeness (QED) is 0.413. The molecule has 0 amide bonds. The first-order chi connectivity index (χ1) is 16.4. The number of pyridine rings is 1. The van der Waals surface area contributed by atoms with E-state index < -0.39 is 11.6 Å². The summed E-state index contributed by atoms with van der Waals surface area (Å²) in [5.74, 6) is 0.420. The molecule has 0 unspecified atom stereocenters. The van der Waals surface area contributed by atoms with Crippen LogP contribution in [0.4, 0.5) is 20.5 Å². The highest BCUT2D eigenvalue weighted by Gasteiger charge is 2.18. The van der Waals surface area contributed by atoms with Gasteiger partial charge in [-0.25, -0.2) is 28.7 Å². The average Bonchev–Trinajstić information content (AvgIpc) is 3.43. The predicted molar refractivity (Wildman–Crippen MR) is 128 cm³/mol. The minimum atomic E-state index is -0.543. The molecule has 0 saturated carbocycles. The van der Waals surface area contributed by atoms with Crippen molar-refractivity contribution < 1.29 is 8.78 Å². The molecule has 5 rings (SSSR count). The predicted octanol–water partition coefficient (Wildman–Crippen LogP) is 5.40. The van der Waals surface area contributed by atoms with E-state index in [9.17, 15) is 8.78 Å². The van der Waals surface area contributed by atoms with E-state index in [0.717, 1.165) is 31.4 Å². The van der Waals surface area contributed by atoms with Gasteiger partial charge < -0.3 is 9.88 Å². The molecule has 34 heavy (non-hydrogen) atoms. The number of hydrogen-bond acceptors (Lipinski definition) is 6. The second-order valence-corrected chi connectivity index (χ2v) is 9.02. The Kier molecular flexibility index (Phi) is 5.95. The van der Waals surface area contributed by atoms with Gasteiger partial charge in [-0.1, -0.05) is 0 Å². The molecule has 4 aromatic rings. The maximum atomic E-state index is 14.9. The number of benzene rings is 1. The number of nitrogens with one attached hydrogen (secondary N) is 1. The molecule has 0 radical (unpaired) electrons. The van der Waals surface area contributed by atoms with E-state index in [1.165, 1.54) is 18.9 Å². The molecule has 1 fully saturated rings. The second-order valence-electron chi connectivity index (χ2n) is 9.02. The zero-order valence-electron chi connectivity index (χ0n) is 19.5. The van der Waals surface area contributed by atoms with Crippen LogP contribution in [0.5, 0.6) is 0 Å². The first-order valence-corrected chi connectivity index (χ1v) is 11.5. The molecule has 9 heteroatoms. The molecule has 1 N–H and O–H groups in total. The first-order valence-electron chi connectivity index (χ1n) is 11.5. The zero-order chi connectivity index (χ0) is 23.8. The molecule has 4 heterocycles. The minimum Gasteiger partial charge on any atom is -0.326 e. The third-order valence-electron chi connectivity index (χ3n) is 6.16. The van der Waals surface area contributed by atoms with Gasteiger partial charge in [0, 0.05) is 36.1 Å². The van der Waals surface area contributed by atoms with Gasteiger partial charge in [-0.15, -0.1) is 0 Å². The Morgan fingerprint density at radius 3 is 2.41 bits per heavy atom. The average molecular weight is 464 g/mol. The van der Waals surface area contributed by atoms with Crippen molar-refractivity contribution in [3.63, 3.8) is 0 Å². The van der Waals surface area contributed by atoms with Crippen molar-refractivity contribution in [3.05, 3.63) is 59.8 Å². The van der Waals surface area contributed by atoms with Crippen LogP contribution >= 0.6 is 0 Å². The Labute approximate surface area is 196 Å². The van der Waals surface area contributed by atoms with E-state index in [2.05, 4.69) is 30.2 Å². The van der Waals surface area contributed by atoms with Gasteiger partial charge >= 0.3 is 0 Å². The molecule has 176 valence electrons. The molecule has 0 aliphatic carbocycles. The van der Waals surface area contributed by atoms with Crippen molar-refractivity contribution in [2.24, 2.45) is 0 Å². The van der Waals surface area contributed by atoms with Crippen LogP contribution in [0.25, 0.3) is 22.2 Å². The van der Waals surface area contributed by atoms with E-state index in [4.69, 9.17) is 0 Å². The van der Waals surface area contributed by atoms with E-state index in [-0.39, 0.29) is 17.1 Å². The summed E-state index contributed by atoms with van der Waals surface area (Å²) in [6, 6.07) is 4.71. The molecule has 1 aliphatic rings. The summed E-state index contributed by atoms with van der Waals surface area (Å²) in [6.07, 6.45) is 7.16. The highest BCUT2D eigenvalue weighted by Crippen LogP contribution is 2.32. The monoisotopic (exact) mass is 463 g/mol. The van der Waals surface area contributed by atoms with Crippen LogP contribution in [0, 0.1) is 18.6 Å². The van der Waals surface area contributed by atoms with E-state index in [1.807, 2.05) is 25.3 Å². The lowest BCUT2D eigenvalue weighted by atomic mass is 10.0. The Morgan fingerprint density at radius 1 is 0.971 bits per heavy atom. The molecular formula is C25H27F2N7. The van der Waals surface area contributed by atoms with Gasteiger partial charge in [0.25, 0.3) is 0 Å². The maximum absolute atomic E-state index is 14.9. The highest BCUT2D eigenvalue weighted by molar-refractivity contribution is 5.84. The van der Waals surface area contributed by atoms with Gasteiger partial charge in [0.05, 0.1) is 11.7 Å². The molecule has 3 aromatic heterocycles. The number of halogens is 2. The standard InChI is InChI=1S/C25H27F2N7/c1-15(2)34-16(3)31-24-20(26)8-18(9-22(24)34)19-10-23(28-13-21(19)27)32-25-29-11-17(12-30-25)14-33-6-4-5-7-33/h8-13,15H,4-7,14H2,1-3H3,(H,28,29,30,32). The summed E-state index contributed by atoms with van der Waals surface area (Å²) in [4.78, 5) is 19.6. The number of nitrogens with zero attached hydrogens (tertiary/aromatic N) is 6. The third kappa shape index (κ3) is 4.35. The summed E-state index contributed by atoms with van der Waals surface area (Å²) >= 11 is 0. The van der Waals surface area contributed by atoms with Gasteiger partial charge in [-0.2, -0.15) is 0 Å². The lowest BCUT2D eigenvalue weighted by molar-refractivity contribution is 0.330. The highest BCUT2D eigenvalue weighted by atomic mass is 19.1. The number of anilines is 2. The Hall–Kier alpha value is -3.46. The van der Waals surface area contributed by atoms with E-state index >= 15 is 0 Å². The molecular weight excluding hydrogens is 436 g/mol. The molecule has 0 bridgehead atoms. The molecule has 0 atom stereocenters. The number of aromatic nitrogens is 5. The largest absolute Gasteiger partial charge is 0.326 e. The van der Waals surface area contributed by atoms with Crippen molar-refractivity contribution in [3.8, 4) is 11.1 Å². The molecule has 1 saturated heterocycles. The summed E-state index contributed by atoms with van der Waals surface area (Å²) < 4.78 is 31.6. The molecule has 7 nitrogen and oxygen atoms in total. The second kappa shape index (κ2) is 9.06. The fraction of sp³-hybridized carbons (Fsp3) is 0.360. The number of hydrogen-bond donors (Lipinski definition) is 1. The van der Waals surface area contributed by atoms with Crippen LogP contribution in [0.3, 0.4) is 0 Å². The smallest absolute Gasteiger partial charge is 0.228 e. The molecule has 1 aliphatic heterocycles. The van der Waals surface area contributed by atoms with Gasteiger partial charge in [-0.05, 0) is 70.5 Å². The van der Waals surface area contributed by atoms with Crippen molar-refractivity contribution in [1.82, 2.24) is 29.4 Å². The summed E-state index contributed by atoms with van der Waals surface area (Å²) in [5, 5.41) is 3.02. The van der Waals surface area contributed by atoms with Crippen LogP contribution in [0.15, 0.2) is 36.8 Å². The molecule has 1 aromatic carbocycles. The van der Waals surface area contributed by atoms with Crippen LogP contribution in [0.2, 0.25) is 0 Å². The normalized spacial score (nSPS) is 14.4. The Morgan fingerprint density at radius 2 is 1.71 bits per heavy atom. The van der Waals surface area contributed by atoms with Crippen LogP contribution in [0.1, 0.15) is 44.1 Å². The third-order valence-corrected chi connectivity index (χ3v) is 6.16. The van der Waals surface area contributed by atoms with Gasteiger partial charge in [0.1, 0.15) is 23.0 Å². The van der Waals surface area contributed by atoms with Gasteiger partial charge in [0.2, 0.25) is 5.95 Å². The van der Waals surface area contributed by atoms with Crippen molar-refractivity contribution in [2.75, 3.05) is 18.4 Å². The minimum absolute atomic E-state index is 0.0877. The lowest BCUT2D eigenvalue weighted by Gasteiger charge is -2.14. The Bertz CT molecular complexity index is 1330. The maximum Gasteiger partial charge on any atom is 0.228 e. The number of imidazole rings is 1. The summed E-state index contributed by atoms with van der Waals surface area (Å²) in [6.45, 7) is 8.89. The van der Waals surface area contributed by atoms with Crippen LogP contribution in [-0.4, -0.2) is 42.5 Å². The van der Waals surface area contributed by atoms with E-state index in [0.29, 0.717) is 28.7 Å². The van der Waals surface area contributed by atoms with Crippen molar-refractivity contribution in [1.29, 1.82) is 0 Å². The molecule has 0 spiro atoms. The number of fused-ring (bicyclic) bond motifs is 1.